The highest BCUT2D eigenvalue weighted by Gasteiger charge is 2.05. The molecule has 0 amide bonds. The summed E-state index contributed by atoms with van der Waals surface area (Å²) >= 11 is 1.53. The lowest BCUT2D eigenvalue weighted by molar-refractivity contribution is 0.415. The molecule has 0 saturated carbocycles. The maximum absolute atomic E-state index is 5.40. The highest BCUT2D eigenvalue weighted by atomic mass is 32.2. The highest BCUT2D eigenvalue weighted by molar-refractivity contribution is 7.98. The molecular formula is C12H15N3OS. The zero-order chi connectivity index (χ0) is 12.1. The molecule has 0 aliphatic heterocycles. The summed E-state index contributed by atoms with van der Waals surface area (Å²) in [6.45, 7) is 2.44. The van der Waals surface area contributed by atoms with Gasteiger partial charge < -0.3 is 10.2 Å². The predicted octanol–water partition coefficient (Wildman–Crippen LogP) is 2.38. The Kier molecular flexibility index (Phi) is 4.17. The minimum absolute atomic E-state index is 0.290. The largest absolute Gasteiger partial charge is 0.415 e. The number of thioether (sulfide) groups is 1. The first-order chi connectivity index (χ1) is 8.31. The zero-order valence-electron chi connectivity index (χ0n) is 9.72. The van der Waals surface area contributed by atoms with Crippen molar-refractivity contribution in [3.8, 4) is 0 Å². The number of hydrogen-bond acceptors (Lipinski definition) is 5. The minimum Gasteiger partial charge on any atom is -0.415 e. The van der Waals surface area contributed by atoms with Gasteiger partial charge >= 0.3 is 0 Å². The molecule has 0 aliphatic carbocycles. The molecule has 5 heteroatoms. The van der Waals surface area contributed by atoms with E-state index < -0.39 is 0 Å². The first-order valence-electron chi connectivity index (χ1n) is 5.55. The van der Waals surface area contributed by atoms with E-state index >= 15 is 0 Å². The Morgan fingerprint density at radius 1 is 1.18 bits per heavy atom. The summed E-state index contributed by atoms with van der Waals surface area (Å²) in [4.78, 5) is 0. The maximum atomic E-state index is 5.40. The molecule has 0 saturated heterocycles. The third-order valence-electron chi connectivity index (χ3n) is 2.42. The van der Waals surface area contributed by atoms with Crippen LogP contribution in [0.1, 0.15) is 23.9 Å². The summed E-state index contributed by atoms with van der Waals surface area (Å²) in [6, 6.07) is 8.56. The van der Waals surface area contributed by atoms with Crippen molar-refractivity contribution in [3.05, 3.63) is 41.3 Å². The Hall–Kier alpha value is -1.33. The topological polar surface area (TPSA) is 64.9 Å². The summed E-state index contributed by atoms with van der Waals surface area (Å²) in [5.41, 5.74) is 8.00. The second-order valence-electron chi connectivity index (χ2n) is 3.62. The fourth-order valence-corrected chi connectivity index (χ4v) is 2.13. The second kappa shape index (κ2) is 5.84. The van der Waals surface area contributed by atoms with Gasteiger partial charge in [0, 0.05) is 5.75 Å². The first-order valence-corrected chi connectivity index (χ1v) is 6.53. The molecule has 90 valence electrons. The summed E-state index contributed by atoms with van der Waals surface area (Å²) in [7, 11) is 0. The van der Waals surface area contributed by atoms with Crippen molar-refractivity contribution in [2.75, 3.05) is 0 Å². The molecule has 1 heterocycles. The average Bonchev–Trinajstić information content (AvgIpc) is 2.85. The molecule has 0 atom stereocenters. The van der Waals surface area contributed by atoms with Crippen molar-refractivity contribution in [1.29, 1.82) is 0 Å². The van der Waals surface area contributed by atoms with Crippen LogP contribution in [0, 0.1) is 0 Å². The highest BCUT2D eigenvalue weighted by Crippen LogP contribution is 2.21. The number of benzene rings is 1. The number of rotatable bonds is 5. The van der Waals surface area contributed by atoms with E-state index in [9.17, 15) is 0 Å². The Labute approximate surface area is 105 Å². The smallest absolute Gasteiger partial charge is 0.276 e. The van der Waals surface area contributed by atoms with Gasteiger partial charge in [0.25, 0.3) is 5.22 Å². The lowest BCUT2D eigenvalue weighted by Crippen LogP contribution is -1.95. The van der Waals surface area contributed by atoms with Crippen LogP contribution in [0.4, 0.5) is 0 Å². The fourth-order valence-electron chi connectivity index (χ4n) is 1.40. The van der Waals surface area contributed by atoms with Crippen LogP contribution in [0.3, 0.4) is 0 Å². The van der Waals surface area contributed by atoms with Crippen LogP contribution >= 0.6 is 11.8 Å². The summed E-state index contributed by atoms with van der Waals surface area (Å²) < 4.78 is 5.32. The van der Waals surface area contributed by atoms with E-state index in [1.807, 2.05) is 0 Å². The zero-order valence-corrected chi connectivity index (χ0v) is 10.5. The lowest BCUT2D eigenvalue weighted by atomic mass is 10.1. The monoisotopic (exact) mass is 249 g/mol. The van der Waals surface area contributed by atoms with E-state index in [0.29, 0.717) is 17.7 Å². The van der Waals surface area contributed by atoms with Gasteiger partial charge in [-0.05, 0) is 17.5 Å². The fraction of sp³-hybridized carbons (Fsp3) is 0.333. The molecular weight excluding hydrogens is 234 g/mol. The van der Waals surface area contributed by atoms with E-state index in [4.69, 9.17) is 10.2 Å². The molecule has 2 rings (SSSR count). The van der Waals surface area contributed by atoms with E-state index in [2.05, 4.69) is 41.4 Å². The van der Waals surface area contributed by atoms with Gasteiger partial charge in [-0.15, -0.1) is 10.2 Å². The van der Waals surface area contributed by atoms with Gasteiger partial charge in [0.2, 0.25) is 5.89 Å². The molecule has 1 aromatic carbocycles. The third-order valence-corrected chi connectivity index (χ3v) is 3.31. The summed E-state index contributed by atoms with van der Waals surface area (Å²) in [5.74, 6) is 1.31. The van der Waals surface area contributed by atoms with Crippen LogP contribution in [0.2, 0.25) is 0 Å². The molecule has 1 aromatic heterocycles. The second-order valence-corrected chi connectivity index (χ2v) is 4.55. The number of aromatic nitrogens is 2. The molecule has 0 fully saturated rings. The van der Waals surface area contributed by atoms with E-state index in [0.717, 1.165) is 12.2 Å². The van der Waals surface area contributed by atoms with Crippen LogP contribution in [0.5, 0.6) is 0 Å². The lowest BCUT2D eigenvalue weighted by Gasteiger charge is -2.00. The molecule has 2 N–H and O–H groups in total. The van der Waals surface area contributed by atoms with Gasteiger partial charge in [0.05, 0.1) is 6.54 Å². The molecule has 0 bridgehead atoms. The summed E-state index contributed by atoms with van der Waals surface area (Å²) in [5, 5.41) is 8.29. The van der Waals surface area contributed by atoms with Gasteiger partial charge in [0.1, 0.15) is 0 Å². The van der Waals surface area contributed by atoms with Crippen molar-refractivity contribution in [1.82, 2.24) is 10.2 Å². The third kappa shape index (κ3) is 3.31. The minimum atomic E-state index is 0.290. The van der Waals surface area contributed by atoms with E-state index in [1.165, 1.54) is 22.9 Å². The molecule has 4 nitrogen and oxygen atoms in total. The molecule has 2 aromatic rings. The van der Waals surface area contributed by atoms with Crippen LogP contribution < -0.4 is 5.73 Å². The van der Waals surface area contributed by atoms with Crippen LogP contribution in [0.15, 0.2) is 33.9 Å². The average molecular weight is 249 g/mol. The van der Waals surface area contributed by atoms with Gasteiger partial charge in [0.15, 0.2) is 0 Å². The van der Waals surface area contributed by atoms with E-state index in [1.54, 1.807) is 0 Å². The van der Waals surface area contributed by atoms with Gasteiger partial charge in [-0.1, -0.05) is 43.0 Å². The molecule has 17 heavy (non-hydrogen) atoms. The van der Waals surface area contributed by atoms with Crippen molar-refractivity contribution >= 4 is 11.8 Å². The van der Waals surface area contributed by atoms with Gasteiger partial charge in [-0.3, -0.25) is 0 Å². The predicted molar refractivity (Wildman–Crippen MR) is 67.6 cm³/mol. The van der Waals surface area contributed by atoms with Gasteiger partial charge in [-0.2, -0.15) is 0 Å². The van der Waals surface area contributed by atoms with Crippen molar-refractivity contribution in [3.63, 3.8) is 0 Å². The number of hydrogen-bond donors (Lipinski definition) is 1. The Bertz CT molecular complexity index is 467. The number of aryl methyl sites for hydroxylation is 1. The number of nitrogens with two attached hydrogens (primary N) is 1. The normalized spacial score (nSPS) is 10.7. The number of nitrogens with zero attached hydrogens (tertiary/aromatic N) is 2. The Morgan fingerprint density at radius 3 is 2.47 bits per heavy atom. The molecule has 0 unspecified atom stereocenters. The van der Waals surface area contributed by atoms with Crippen molar-refractivity contribution in [2.45, 2.75) is 30.9 Å². The van der Waals surface area contributed by atoms with Crippen LogP contribution in [0.25, 0.3) is 0 Å². The first kappa shape index (κ1) is 12.1. The van der Waals surface area contributed by atoms with Crippen molar-refractivity contribution < 1.29 is 4.42 Å². The van der Waals surface area contributed by atoms with Gasteiger partial charge in [-0.25, -0.2) is 0 Å². The summed E-state index contributed by atoms with van der Waals surface area (Å²) in [6.07, 6.45) is 1.07. The van der Waals surface area contributed by atoms with E-state index in [-0.39, 0.29) is 0 Å². The Balaban J connectivity index is 1.92. The Morgan fingerprint density at radius 2 is 1.88 bits per heavy atom. The molecule has 0 spiro atoms. The van der Waals surface area contributed by atoms with Crippen LogP contribution in [-0.2, 0) is 18.7 Å². The maximum Gasteiger partial charge on any atom is 0.276 e. The molecule has 0 radical (unpaired) electrons. The SMILES string of the molecule is CCc1ccc(CSc2nnc(CN)o2)cc1. The van der Waals surface area contributed by atoms with Crippen LogP contribution in [-0.4, -0.2) is 10.2 Å². The quantitative estimate of drug-likeness (QED) is 0.824. The molecule has 0 aliphatic rings. The standard InChI is InChI=1S/C12H15N3OS/c1-2-9-3-5-10(6-4-9)8-17-12-15-14-11(7-13)16-12/h3-6H,2,7-8,13H2,1H3. The van der Waals surface area contributed by atoms with Crippen molar-refractivity contribution in [2.24, 2.45) is 5.73 Å².